The molecule has 1 aromatic heterocycles. The maximum absolute atomic E-state index is 12.5. The summed E-state index contributed by atoms with van der Waals surface area (Å²) in [5.74, 6) is -0.318. The predicted molar refractivity (Wildman–Crippen MR) is 101 cm³/mol. The van der Waals surface area contributed by atoms with Gasteiger partial charge in [-0.2, -0.15) is 0 Å². The van der Waals surface area contributed by atoms with E-state index in [2.05, 4.69) is 4.98 Å². The molecule has 0 aliphatic heterocycles. The van der Waals surface area contributed by atoms with Crippen molar-refractivity contribution < 1.29 is 9.53 Å². The molecule has 0 amide bonds. The Labute approximate surface area is 149 Å². The Bertz CT molecular complexity index is 1020. The van der Waals surface area contributed by atoms with E-state index in [0.29, 0.717) is 5.56 Å². The van der Waals surface area contributed by atoms with Crippen molar-refractivity contribution in [3.63, 3.8) is 0 Å². The zero-order chi connectivity index (χ0) is 17.2. The van der Waals surface area contributed by atoms with E-state index in [-0.39, 0.29) is 5.97 Å². The summed E-state index contributed by atoms with van der Waals surface area (Å²) < 4.78 is 5.05. The van der Waals surface area contributed by atoms with Crippen molar-refractivity contribution in [3.8, 4) is 0 Å². The predicted octanol–water partition coefficient (Wildman–Crippen LogP) is 5.33. The monoisotopic (exact) mass is 345 g/mol. The van der Waals surface area contributed by atoms with Crippen LogP contribution in [-0.2, 0) is 4.74 Å². The van der Waals surface area contributed by atoms with Gasteiger partial charge in [-0.3, -0.25) is 0 Å². The van der Waals surface area contributed by atoms with E-state index in [1.165, 1.54) is 7.11 Å². The molecule has 3 aromatic carbocycles. The molecule has 0 saturated carbocycles. The minimum atomic E-state index is -0.318. The zero-order valence-electron chi connectivity index (χ0n) is 13.6. The van der Waals surface area contributed by atoms with Gasteiger partial charge in [-0.15, -0.1) is 0 Å². The summed E-state index contributed by atoms with van der Waals surface area (Å²) in [4.78, 5) is 18.0. The molecule has 0 aliphatic carbocycles. The van der Waals surface area contributed by atoms with Crippen LogP contribution in [0.15, 0.2) is 82.8 Å². The summed E-state index contributed by atoms with van der Waals surface area (Å²) in [6.07, 6.45) is 1.79. The summed E-state index contributed by atoms with van der Waals surface area (Å²) in [7, 11) is 1.42. The molecule has 4 rings (SSSR count). The topological polar surface area (TPSA) is 39.2 Å². The normalized spacial score (nSPS) is 10.9. The number of fused-ring (bicyclic) bond motifs is 2. The molecule has 0 N–H and O–H groups in total. The van der Waals surface area contributed by atoms with Crippen LogP contribution in [0.5, 0.6) is 0 Å². The van der Waals surface area contributed by atoms with Crippen molar-refractivity contribution in [3.05, 3.63) is 78.5 Å². The van der Waals surface area contributed by atoms with Crippen LogP contribution in [0.25, 0.3) is 21.5 Å². The fourth-order valence-corrected chi connectivity index (χ4v) is 4.08. The number of carbonyl (C=O) groups excluding carboxylic acids is 1. The largest absolute Gasteiger partial charge is 0.465 e. The van der Waals surface area contributed by atoms with Gasteiger partial charge in [-0.05, 0) is 33.7 Å². The van der Waals surface area contributed by atoms with Crippen LogP contribution < -0.4 is 0 Å². The van der Waals surface area contributed by atoms with Gasteiger partial charge >= 0.3 is 5.97 Å². The molecule has 3 nitrogen and oxygen atoms in total. The Balaban J connectivity index is 2.09. The highest BCUT2D eigenvalue weighted by molar-refractivity contribution is 7.99. The molecule has 0 aliphatic rings. The first kappa shape index (κ1) is 15.7. The Morgan fingerprint density at radius 1 is 0.840 bits per heavy atom. The number of ether oxygens (including phenoxy) is 1. The second kappa shape index (κ2) is 6.57. The van der Waals surface area contributed by atoms with E-state index in [4.69, 9.17) is 4.74 Å². The third-order valence-electron chi connectivity index (χ3n) is 4.12. The lowest BCUT2D eigenvalue weighted by Crippen LogP contribution is -2.04. The lowest BCUT2D eigenvalue weighted by atomic mass is 9.96. The van der Waals surface area contributed by atoms with Crippen molar-refractivity contribution >= 4 is 39.3 Å². The van der Waals surface area contributed by atoms with Gasteiger partial charge in [0, 0.05) is 11.1 Å². The lowest BCUT2D eigenvalue weighted by Gasteiger charge is -2.15. The van der Waals surface area contributed by atoms with Crippen LogP contribution in [0.4, 0.5) is 0 Å². The number of hydrogen-bond acceptors (Lipinski definition) is 4. The van der Waals surface area contributed by atoms with E-state index in [1.807, 2.05) is 66.7 Å². The number of nitrogens with zero attached hydrogens (tertiary/aromatic N) is 1. The van der Waals surface area contributed by atoms with Gasteiger partial charge in [0.15, 0.2) is 0 Å². The van der Waals surface area contributed by atoms with Crippen LogP contribution in [0.2, 0.25) is 0 Å². The van der Waals surface area contributed by atoms with Gasteiger partial charge in [0.1, 0.15) is 5.03 Å². The van der Waals surface area contributed by atoms with Crippen LogP contribution in [0.1, 0.15) is 10.4 Å². The van der Waals surface area contributed by atoms with Crippen molar-refractivity contribution in [2.75, 3.05) is 7.11 Å². The summed E-state index contributed by atoms with van der Waals surface area (Å²) in [6.45, 7) is 0. The second-order valence-electron chi connectivity index (χ2n) is 5.56. The van der Waals surface area contributed by atoms with E-state index in [1.54, 1.807) is 18.0 Å². The molecule has 4 aromatic rings. The van der Waals surface area contributed by atoms with Crippen molar-refractivity contribution in [2.24, 2.45) is 0 Å². The van der Waals surface area contributed by atoms with Gasteiger partial charge < -0.3 is 4.74 Å². The smallest absolute Gasteiger partial charge is 0.339 e. The first-order valence-electron chi connectivity index (χ1n) is 7.90. The second-order valence-corrected chi connectivity index (χ2v) is 6.59. The fourth-order valence-electron chi connectivity index (χ4n) is 3.03. The summed E-state index contributed by atoms with van der Waals surface area (Å²) in [6, 6.07) is 21.7. The molecule has 0 unspecified atom stereocenters. The first-order chi connectivity index (χ1) is 12.3. The van der Waals surface area contributed by atoms with Crippen molar-refractivity contribution in [2.45, 2.75) is 9.92 Å². The Morgan fingerprint density at radius 2 is 1.40 bits per heavy atom. The van der Waals surface area contributed by atoms with E-state index >= 15 is 0 Å². The van der Waals surface area contributed by atoms with Crippen molar-refractivity contribution in [1.82, 2.24) is 4.98 Å². The Morgan fingerprint density at radius 3 is 1.92 bits per heavy atom. The number of rotatable bonds is 3. The maximum Gasteiger partial charge on any atom is 0.339 e. The van der Waals surface area contributed by atoms with E-state index in [0.717, 1.165) is 31.5 Å². The number of pyridine rings is 1. The molecule has 0 radical (unpaired) electrons. The molecule has 0 spiro atoms. The van der Waals surface area contributed by atoms with Gasteiger partial charge in [-0.1, -0.05) is 66.4 Å². The average Bonchev–Trinajstić information content (AvgIpc) is 2.68. The number of aromatic nitrogens is 1. The Hall–Kier alpha value is -2.85. The Kier molecular flexibility index (Phi) is 4.12. The SMILES string of the molecule is COC(=O)c1c2ccccc2c(Sc2ccccn2)c2ccccc12. The standard InChI is InChI=1S/C21H15NO2S/c1-24-21(23)19-14-8-2-4-10-16(14)20(17-11-5-3-9-15(17)19)25-18-12-6-7-13-22-18/h2-13H,1H3. The summed E-state index contributed by atoms with van der Waals surface area (Å²) >= 11 is 1.61. The van der Waals surface area contributed by atoms with Gasteiger partial charge in [0.05, 0.1) is 12.7 Å². The highest BCUT2D eigenvalue weighted by atomic mass is 32.2. The molecule has 25 heavy (non-hydrogen) atoms. The average molecular weight is 345 g/mol. The van der Waals surface area contributed by atoms with Gasteiger partial charge in [0.2, 0.25) is 0 Å². The number of esters is 1. The van der Waals surface area contributed by atoms with Crippen molar-refractivity contribution in [1.29, 1.82) is 0 Å². The lowest BCUT2D eigenvalue weighted by molar-refractivity contribution is 0.0605. The molecule has 122 valence electrons. The minimum absolute atomic E-state index is 0.318. The number of methoxy groups -OCH3 is 1. The fraction of sp³-hybridized carbons (Fsp3) is 0.0476. The molecular formula is C21H15NO2S. The third-order valence-corrected chi connectivity index (χ3v) is 5.21. The van der Waals surface area contributed by atoms with E-state index in [9.17, 15) is 4.79 Å². The molecule has 1 heterocycles. The zero-order valence-corrected chi connectivity index (χ0v) is 14.4. The molecule has 0 fully saturated rings. The molecule has 4 heteroatoms. The minimum Gasteiger partial charge on any atom is -0.465 e. The maximum atomic E-state index is 12.5. The molecule has 0 atom stereocenters. The first-order valence-corrected chi connectivity index (χ1v) is 8.72. The molecular weight excluding hydrogens is 330 g/mol. The molecule has 0 bridgehead atoms. The van der Waals surface area contributed by atoms with Gasteiger partial charge in [0.25, 0.3) is 0 Å². The highest BCUT2D eigenvalue weighted by Crippen LogP contribution is 2.41. The van der Waals surface area contributed by atoms with Gasteiger partial charge in [-0.25, -0.2) is 9.78 Å². The number of benzene rings is 3. The number of hydrogen-bond donors (Lipinski definition) is 0. The van der Waals surface area contributed by atoms with E-state index < -0.39 is 0 Å². The highest BCUT2D eigenvalue weighted by Gasteiger charge is 2.19. The van der Waals surface area contributed by atoms with Crippen LogP contribution >= 0.6 is 11.8 Å². The summed E-state index contributed by atoms with van der Waals surface area (Å²) in [5.41, 5.74) is 0.610. The summed E-state index contributed by atoms with van der Waals surface area (Å²) in [5, 5.41) is 4.76. The van der Waals surface area contributed by atoms with Crippen LogP contribution in [-0.4, -0.2) is 18.1 Å². The third kappa shape index (κ3) is 2.75. The van der Waals surface area contributed by atoms with Crippen LogP contribution in [0, 0.1) is 0 Å². The quantitative estimate of drug-likeness (QED) is 0.372. The molecule has 0 saturated heterocycles. The number of carbonyl (C=O) groups is 1. The van der Waals surface area contributed by atoms with Crippen LogP contribution in [0.3, 0.4) is 0 Å².